The zero-order valence-electron chi connectivity index (χ0n) is 10.1. The van der Waals surface area contributed by atoms with E-state index in [9.17, 15) is 4.79 Å². The fourth-order valence-corrected chi connectivity index (χ4v) is 3.20. The van der Waals surface area contributed by atoms with Gasteiger partial charge in [-0.15, -0.1) is 0 Å². The molecule has 1 unspecified atom stereocenters. The molecule has 1 aromatic carbocycles. The van der Waals surface area contributed by atoms with Crippen molar-refractivity contribution >= 4 is 17.2 Å². The number of thiophene rings is 1. The molecule has 2 aromatic rings. The first-order valence-corrected chi connectivity index (χ1v) is 7.15. The summed E-state index contributed by atoms with van der Waals surface area (Å²) in [5, 5.41) is 7.18. The van der Waals surface area contributed by atoms with Gasteiger partial charge in [0.2, 0.25) is 5.91 Å². The van der Waals surface area contributed by atoms with Crippen LogP contribution in [-0.2, 0) is 17.6 Å². The van der Waals surface area contributed by atoms with Crippen molar-refractivity contribution in [3.8, 4) is 0 Å². The average Bonchev–Trinajstić information content (AvgIpc) is 3.00. The highest BCUT2D eigenvalue weighted by atomic mass is 32.1. The first kappa shape index (κ1) is 11.5. The third kappa shape index (κ3) is 2.31. The van der Waals surface area contributed by atoms with Gasteiger partial charge in [-0.05, 0) is 46.4 Å². The number of benzene rings is 1. The van der Waals surface area contributed by atoms with Gasteiger partial charge in [-0.1, -0.05) is 24.3 Å². The lowest BCUT2D eigenvalue weighted by molar-refractivity contribution is -0.121. The smallest absolute Gasteiger partial charge is 0.224 e. The minimum absolute atomic E-state index is 0.120. The third-order valence-corrected chi connectivity index (χ3v) is 4.14. The Labute approximate surface area is 111 Å². The fraction of sp³-hybridized carbons (Fsp3) is 0.267. The molecule has 1 N–H and O–H groups in total. The van der Waals surface area contributed by atoms with Gasteiger partial charge in [0.15, 0.2) is 0 Å². The van der Waals surface area contributed by atoms with E-state index < -0.39 is 0 Å². The van der Waals surface area contributed by atoms with Gasteiger partial charge in [0.25, 0.3) is 0 Å². The second-order valence-electron chi connectivity index (χ2n) is 4.67. The molecule has 0 fully saturated rings. The lowest BCUT2D eigenvalue weighted by Crippen LogP contribution is -2.28. The average molecular weight is 257 g/mol. The maximum Gasteiger partial charge on any atom is 0.224 e. The van der Waals surface area contributed by atoms with Gasteiger partial charge < -0.3 is 5.32 Å². The van der Waals surface area contributed by atoms with E-state index in [0.717, 1.165) is 18.4 Å². The Balaban J connectivity index is 1.66. The lowest BCUT2D eigenvalue weighted by Gasteiger charge is -2.13. The molecule has 0 aliphatic heterocycles. The maximum atomic E-state index is 12.0. The summed E-state index contributed by atoms with van der Waals surface area (Å²) in [6.07, 6.45) is 2.58. The lowest BCUT2D eigenvalue weighted by atomic mass is 10.1. The van der Waals surface area contributed by atoms with E-state index in [1.54, 1.807) is 11.3 Å². The van der Waals surface area contributed by atoms with Crippen LogP contribution in [0, 0.1) is 0 Å². The van der Waals surface area contributed by atoms with Crippen molar-refractivity contribution in [2.24, 2.45) is 0 Å². The molecular weight excluding hydrogens is 242 g/mol. The predicted molar refractivity (Wildman–Crippen MR) is 73.7 cm³/mol. The van der Waals surface area contributed by atoms with E-state index in [-0.39, 0.29) is 11.9 Å². The first-order chi connectivity index (χ1) is 8.83. The second-order valence-corrected chi connectivity index (χ2v) is 5.45. The van der Waals surface area contributed by atoms with E-state index in [1.165, 1.54) is 11.1 Å². The molecule has 1 amide bonds. The maximum absolute atomic E-state index is 12.0. The quantitative estimate of drug-likeness (QED) is 0.899. The van der Waals surface area contributed by atoms with Crippen molar-refractivity contribution in [3.63, 3.8) is 0 Å². The molecule has 1 aliphatic carbocycles. The second kappa shape index (κ2) is 4.94. The minimum atomic E-state index is 0.120. The Morgan fingerprint density at radius 1 is 1.33 bits per heavy atom. The molecule has 2 nitrogen and oxygen atoms in total. The SMILES string of the molecule is O=C(Cc1ccsc1)NC1CCc2ccccc21. The number of carbonyl (C=O) groups excluding carboxylic acids is 1. The number of amides is 1. The molecule has 3 heteroatoms. The molecule has 3 rings (SSSR count). The molecule has 1 aromatic heterocycles. The van der Waals surface area contributed by atoms with Gasteiger partial charge in [-0.2, -0.15) is 11.3 Å². The van der Waals surface area contributed by atoms with Crippen LogP contribution in [0.3, 0.4) is 0 Å². The summed E-state index contributed by atoms with van der Waals surface area (Å²) in [7, 11) is 0. The summed E-state index contributed by atoms with van der Waals surface area (Å²) in [4.78, 5) is 12.0. The summed E-state index contributed by atoms with van der Waals surface area (Å²) in [5.41, 5.74) is 3.76. The van der Waals surface area contributed by atoms with Gasteiger partial charge in [-0.25, -0.2) is 0 Å². The van der Waals surface area contributed by atoms with E-state index in [1.807, 2.05) is 22.9 Å². The molecule has 1 aliphatic rings. The molecule has 1 atom stereocenters. The molecule has 0 saturated heterocycles. The van der Waals surface area contributed by atoms with Gasteiger partial charge in [0.05, 0.1) is 12.5 Å². The van der Waals surface area contributed by atoms with Crippen molar-refractivity contribution in [1.29, 1.82) is 0 Å². The van der Waals surface area contributed by atoms with Crippen molar-refractivity contribution in [3.05, 3.63) is 57.8 Å². The van der Waals surface area contributed by atoms with Gasteiger partial charge >= 0.3 is 0 Å². The summed E-state index contributed by atoms with van der Waals surface area (Å²) >= 11 is 1.63. The van der Waals surface area contributed by atoms with Gasteiger partial charge in [0.1, 0.15) is 0 Å². The number of carbonyl (C=O) groups is 1. The molecule has 0 spiro atoms. The van der Waals surface area contributed by atoms with Crippen LogP contribution in [0.15, 0.2) is 41.1 Å². The Morgan fingerprint density at radius 3 is 3.06 bits per heavy atom. The number of rotatable bonds is 3. The normalized spacial score (nSPS) is 17.4. The van der Waals surface area contributed by atoms with Gasteiger partial charge in [0, 0.05) is 0 Å². The highest BCUT2D eigenvalue weighted by Crippen LogP contribution is 2.30. The molecule has 92 valence electrons. The summed E-state index contributed by atoms with van der Waals surface area (Å²) in [6.45, 7) is 0. The molecule has 0 saturated carbocycles. The minimum Gasteiger partial charge on any atom is -0.349 e. The van der Waals surface area contributed by atoms with Crippen molar-refractivity contribution in [1.82, 2.24) is 5.32 Å². The topological polar surface area (TPSA) is 29.1 Å². The van der Waals surface area contributed by atoms with Crippen LogP contribution in [0.25, 0.3) is 0 Å². The summed E-state index contributed by atoms with van der Waals surface area (Å²) in [5.74, 6) is 0.120. The predicted octanol–water partition coefficient (Wildman–Crippen LogP) is 3.09. The van der Waals surface area contributed by atoms with Crippen molar-refractivity contribution < 1.29 is 4.79 Å². The number of aryl methyl sites for hydroxylation is 1. The zero-order chi connectivity index (χ0) is 12.4. The molecule has 1 heterocycles. The van der Waals surface area contributed by atoms with Crippen molar-refractivity contribution in [2.45, 2.75) is 25.3 Å². The Morgan fingerprint density at radius 2 is 2.22 bits per heavy atom. The molecule has 0 bridgehead atoms. The van der Waals surface area contributed by atoms with E-state index >= 15 is 0 Å². The van der Waals surface area contributed by atoms with Crippen LogP contribution >= 0.6 is 11.3 Å². The van der Waals surface area contributed by atoms with Crippen LogP contribution in [-0.4, -0.2) is 5.91 Å². The van der Waals surface area contributed by atoms with Crippen LogP contribution in [0.1, 0.15) is 29.2 Å². The Kier molecular flexibility index (Phi) is 3.15. The number of fused-ring (bicyclic) bond motifs is 1. The largest absolute Gasteiger partial charge is 0.349 e. The van der Waals surface area contributed by atoms with Crippen LogP contribution in [0.5, 0.6) is 0 Å². The molecule has 18 heavy (non-hydrogen) atoms. The van der Waals surface area contributed by atoms with Crippen LogP contribution in [0.4, 0.5) is 0 Å². The number of nitrogens with one attached hydrogen (secondary N) is 1. The van der Waals surface area contributed by atoms with E-state index in [0.29, 0.717) is 6.42 Å². The zero-order valence-corrected chi connectivity index (χ0v) is 10.9. The molecular formula is C15H15NOS. The Bertz CT molecular complexity index is 547. The summed E-state index contributed by atoms with van der Waals surface area (Å²) in [6, 6.07) is 10.6. The van der Waals surface area contributed by atoms with Crippen LogP contribution < -0.4 is 5.32 Å². The Hall–Kier alpha value is -1.61. The van der Waals surface area contributed by atoms with Crippen LogP contribution in [0.2, 0.25) is 0 Å². The van der Waals surface area contributed by atoms with E-state index in [4.69, 9.17) is 0 Å². The fourth-order valence-electron chi connectivity index (χ4n) is 2.53. The monoisotopic (exact) mass is 257 g/mol. The highest BCUT2D eigenvalue weighted by molar-refractivity contribution is 7.07. The third-order valence-electron chi connectivity index (χ3n) is 3.41. The molecule has 0 radical (unpaired) electrons. The van der Waals surface area contributed by atoms with E-state index in [2.05, 4.69) is 23.5 Å². The highest BCUT2D eigenvalue weighted by Gasteiger charge is 2.23. The number of hydrogen-bond acceptors (Lipinski definition) is 2. The first-order valence-electron chi connectivity index (χ1n) is 6.21. The van der Waals surface area contributed by atoms with Crippen molar-refractivity contribution in [2.75, 3.05) is 0 Å². The standard InChI is InChI=1S/C15H15NOS/c17-15(9-11-7-8-18-10-11)16-14-6-5-12-3-1-2-4-13(12)14/h1-4,7-8,10,14H,5-6,9H2,(H,16,17). The van der Waals surface area contributed by atoms with Gasteiger partial charge in [-0.3, -0.25) is 4.79 Å². The number of hydrogen-bond donors (Lipinski definition) is 1. The summed E-state index contributed by atoms with van der Waals surface area (Å²) < 4.78 is 0.